The van der Waals surface area contributed by atoms with Crippen molar-refractivity contribution in [3.05, 3.63) is 45.8 Å². The van der Waals surface area contributed by atoms with Crippen LogP contribution in [-0.2, 0) is 0 Å². The van der Waals surface area contributed by atoms with Crippen LogP contribution in [0, 0.1) is 5.82 Å². The normalized spacial score (nSPS) is 17.6. The molecule has 0 fully saturated rings. The second kappa shape index (κ2) is 3.85. The van der Waals surface area contributed by atoms with Gasteiger partial charge in [-0.1, -0.05) is 6.07 Å². The Hall–Kier alpha value is -2.30. The minimum Gasteiger partial charge on any atom is -0.269 e. The number of nitrogens with zero attached hydrogens (tertiary/aromatic N) is 2. The largest absolute Gasteiger partial charge is 0.284 e. The maximum absolute atomic E-state index is 13.8. The molecule has 2 aromatic rings. The van der Waals surface area contributed by atoms with Crippen LogP contribution in [0.5, 0.6) is 0 Å². The predicted molar refractivity (Wildman–Crippen MR) is 72.0 cm³/mol. The predicted octanol–water partition coefficient (Wildman–Crippen LogP) is 2.52. The number of benzene rings is 1. The van der Waals surface area contributed by atoms with Crippen molar-refractivity contribution in [3.8, 4) is 0 Å². The first-order valence-corrected chi connectivity index (χ1v) is 6.67. The van der Waals surface area contributed by atoms with Gasteiger partial charge >= 0.3 is 0 Å². The minimum atomic E-state index is -0.632. The van der Waals surface area contributed by atoms with Gasteiger partial charge in [0.25, 0.3) is 11.5 Å². The van der Waals surface area contributed by atoms with E-state index < -0.39 is 11.4 Å². The molecule has 0 saturated heterocycles. The molecule has 0 N–H and O–H groups in total. The van der Waals surface area contributed by atoms with E-state index in [0.717, 1.165) is 30.4 Å². The van der Waals surface area contributed by atoms with Gasteiger partial charge in [0, 0.05) is 11.1 Å². The second-order valence-electron chi connectivity index (χ2n) is 5.18. The van der Waals surface area contributed by atoms with Crippen LogP contribution in [0.15, 0.2) is 28.6 Å². The van der Waals surface area contributed by atoms with E-state index in [1.807, 2.05) is 0 Å². The molecule has 100 valence electrons. The lowest BCUT2D eigenvalue weighted by molar-refractivity contribution is 0.0960. The van der Waals surface area contributed by atoms with E-state index in [1.54, 1.807) is 6.07 Å². The van der Waals surface area contributed by atoms with Gasteiger partial charge in [-0.2, -0.15) is 4.98 Å². The molecule has 5 heteroatoms. The van der Waals surface area contributed by atoms with Crippen LogP contribution in [0.25, 0.3) is 16.5 Å². The van der Waals surface area contributed by atoms with Crippen LogP contribution in [0.3, 0.4) is 0 Å². The van der Waals surface area contributed by atoms with Crippen molar-refractivity contribution >= 4 is 22.4 Å². The van der Waals surface area contributed by atoms with Crippen molar-refractivity contribution in [2.75, 3.05) is 0 Å². The van der Waals surface area contributed by atoms with E-state index in [2.05, 4.69) is 4.98 Å². The lowest BCUT2D eigenvalue weighted by Gasteiger charge is -2.10. The van der Waals surface area contributed by atoms with Gasteiger partial charge in [-0.3, -0.25) is 14.2 Å². The standard InChI is InChI=1S/C15H11FN2O2/c16-10-6-3-7-11-12(10)14(19)17-13-8-4-1-2-5-9(8)15(20)18(11)13/h3,6-7H,1-2,4-5H2. The quantitative estimate of drug-likeness (QED) is 0.739. The third kappa shape index (κ3) is 1.32. The molecule has 0 atom stereocenters. The number of aromatic nitrogens is 2. The SMILES string of the molecule is O=C1C2=C(CCCC2)c2nc(=O)c3c(F)cccc3n21. The van der Waals surface area contributed by atoms with Gasteiger partial charge in [-0.15, -0.1) is 0 Å². The zero-order chi connectivity index (χ0) is 13.9. The summed E-state index contributed by atoms with van der Waals surface area (Å²) in [5, 5.41) is -0.107. The van der Waals surface area contributed by atoms with Crippen molar-refractivity contribution in [1.29, 1.82) is 0 Å². The summed E-state index contributed by atoms with van der Waals surface area (Å²) in [6, 6.07) is 4.32. The number of fused-ring (bicyclic) bond motifs is 4. The Balaban J connectivity index is 2.14. The fraction of sp³-hybridized carbons (Fsp3) is 0.267. The third-order valence-electron chi connectivity index (χ3n) is 4.06. The van der Waals surface area contributed by atoms with Gasteiger partial charge in [-0.05, 0) is 37.8 Å². The smallest absolute Gasteiger partial charge is 0.269 e. The fourth-order valence-electron chi connectivity index (χ4n) is 3.16. The van der Waals surface area contributed by atoms with E-state index in [1.165, 1.54) is 16.7 Å². The number of hydrogen-bond acceptors (Lipinski definition) is 3. The van der Waals surface area contributed by atoms with Crippen LogP contribution < -0.4 is 5.56 Å². The molecular formula is C15H11FN2O2. The summed E-state index contributed by atoms with van der Waals surface area (Å²) in [4.78, 5) is 28.5. The molecule has 1 aromatic heterocycles. The number of halogens is 1. The molecule has 1 aliphatic heterocycles. The Morgan fingerprint density at radius 1 is 1.10 bits per heavy atom. The van der Waals surface area contributed by atoms with Crippen molar-refractivity contribution in [2.24, 2.45) is 0 Å². The van der Waals surface area contributed by atoms with Gasteiger partial charge in [0.15, 0.2) is 0 Å². The topological polar surface area (TPSA) is 52.0 Å². The third-order valence-corrected chi connectivity index (χ3v) is 4.06. The molecule has 0 radical (unpaired) electrons. The molecule has 1 aliphatic carbocycles. The van der Waals surface area contributed by atoms with Gasteiger partial charge in [-0.25, -0.2) is 4.39 Å². The lowest BCUT2D eigenvalue weighted by atomic mass is 9.93. The Morgan fingerprint density at radius 3 is 2.65 bits per heavy atom. The number of carbonyl (C=O) groups excluding carboxylic acids is 1. The van der Waals surface area contributed by atoms with Crippen molar-refractivity contribution in [3.63, 3.8) is 0 Å². The molecule has 20 heavy (non-hydrogen) atoms. The van der Waals surface area contributed by atoms with Crippen LogP contribution in [0.4, 0.5) is 4.39 Å². The molecule has 0 saturated carbocycles. The summed E-state index contributed by atoms with van der Waals surface area (Å²) in [5.41, 5.74) is 1.32. The number of allylic oxidation sites excluding steroid dienone is 2. The van der Waals surface area contributed by atoms with Gasteiger partial charge in [0.2, 0.25) is 0 Å². The summed E-state index contributed by atoms with van der Waals surface area (Å²) < 4.78 is 15.2. The van der Waals surface area contributed by atoms with Crippen LogP contribution in [0.1, 0.15) is 36.3 Å². The monoisotopic (exact) mass is 270 g/mol. The Bertz CT molecular complexity index is 864. The van der Waals surface area contributed by atoms with Crippen molar-refractivity contribution < 1.29 is 9.18 Å². The molecule has 4 nitrogen and oxygen atoms in total. The lowest BCUT2D eigenvalue weighted by Crippen LogP contribution is -2.19. The molecular weight excluding hydrogens is 259 g/mol. The molecule has 0 unspecified atom stereocenters. The Morgan fingerprint density at radius 2 is 1.85 bits per heavy atom. The zero-order valence-corrected chi connectivity index (χ0v) is 10.6. The van der Waals surface area contributed by atoms with Crippen molar-refractivity contribution in [1.82, 2.24) is 9.55 Å². The molecule has 2 aliphatic rings. The average molecular weight is 270 g/mol. The number of hydrogen-bond donors (Lipinski definition) is 0. The highest BCUT2D eigenvalue weighted by molar-refractivity contribution is 6.11. The summed E-state index contributed by atoms with van der Waals surface area (Å²) in [7, 11) is 0. The highest BCUT2D eigenvalue weighted by Crippen LogP contribution is 2.38. The van der Waals surface area contributed by atoms with Crippen LogP contribution >= 0.6 is 0 Å². The molecule has 4 rings (SSSR count). The van der Waals surface area contributed by atoms with Gasteiger partial charge < -0.3 is 0 Å². The van der Waals surface area contributed by atoms with E-state index >= 15 is 0 Å². The molecule has 0 bridgehead atoms. The highest BCUT2D eigenvalue weighted by atomic mass is 19.1. The van der Waals surface area contributed by atoms with Crippen LogP contribution in [-0.4, -0.2) is 15.5 Å². The summed E-state index contributed by atoms with van der Waals surface area (Å²) in [5.74, 6) is -0.376. The maximum atomic E-state index is 13.8. The van der Waals surface area contributed by atoms with Gasteiger partial charge in [0.05, 0.1) is 5.52 Å². The first kappa shape index (κ1) is 11.5. The van der Waals surface area contributed by atoms with E-state index in [9.17, 15) is 14.0 Å². The summed E-state index contributed by atoms with van der Waals surface area (Å²) >= 11 is 0. The fourth-order valence-corrected chi connectivity index (χ4v) is 3.16. The highest BCUT2D eigenvalue weighted by Gasteiger charge is 2.33. The van der Waals surface area contributed by atoms with Gasteiger partial charge in [0.1, 0.15) is 17.0 Å². The Labute approximate surface area is 113 Å². The molecule has 2 heterocycles. The molecule has 1 aromatic carbocycles. The number of rotatable bonds is 0. The van der Waals surface area contributed by atoms with Crippen molar-refractivity contribution in [2.45, 2.75) is 25.7 Å². The molecule has 0 amide bonds. The summed E-state index contributed by atoms with van der Waals surface area (Å²) in [6.07, 6.45) is 3.43. The maximum Gasteiger partial charge on any atom is 0.284 e. The van der Waals surface area contributed by atoms with E-state index in [4.69, 9.17) is 0 Å². The number of carbonyl (C=O) groups is 1. The average Bonchev–Trinajstić information content (AvgIpc) is 2.73. The minimum absolute atomic E-state index is 0.107. The summed E-state index contributed by atoms with van der Waals surface area (Å²) in [6.45, 7) is 0. The van der Waals surface area contributed by atoms with E-state index in [-0.39, 0.29) is 11.3 Å². The second-order valence-corrected chi connectivity index (χ2v) is 5.18. The zero-order valence-electron chi connectivity index (χ0n) is 10.6. The Kier molecular flexibility index (Phi) is 2.22. The first-order valence-electron chi connectivity index (χ1n) is 6.67. The first-order chi connectivity index (χ1) is 9.68. The van der Waals surface area contributed by atoms with E-state index in [0.29, 0.717) is 17.8 Å². The molecule has 0 spiro atoms. The van der Waals surface area contributed by atoms with Crippen LogP contribution in [0.2, 0.25) is 0 Å².